The molecule has 1 aromatic rings. The molecule has 0 bridgehead atoms. The molecule has 0 heterocycles. The van der Waals surface area contributed by atoms with Crippen molar-refractivity contribution in [2.45, 2.75) is 18.0 Å². The van der Waals surface area contributed by atoms with Gasteiger partial charge in [0.1, 0.15) is 0 Å². The molecule has 0 spiro atoms. The first-order valence-corrected chi connectivity index (χ1v) is 4.21. The van der Waals surface area contributed by atoms with Crippen LogP contribution in [0.25, 0.3) is 0 Å². The lowest BCUT2D eigenvalue weighted by molar-refractivity contribution is -0.138. The molecule has 0 aromatic heterocycles. The van der Waals surface area contributed by atoms with Crippen molar-refractivity contribution < 1.29 is 13.2 Å². The zero-order valence-electron chi connectivity index (χ0n) is 6.61. The fourth-order valence-corrected chi connectivity index (χ4v) is 1.51. The van der Waals surface area contributed by atoms with Crippen LogP contribution in [0.2, 0.25) is 5.02 Å². The minimum atomic E-state index is -4.37. The second kappa shape index (κ2) is 3.42. The van der Waals surface area contributed by atoms with E-state index in [4.69, 9.17) is 11.6 Å². The third-order valence-corrected chi connectivity index (χ3v) is 2.33. The van der Waals surface area contributed by atoms with Gasteiger partial charge in [-0.05, 0) is 24.6 Å². The first-order chi connectivity index (χ1) is 5.82. The molecule has 0 amide bonds. The summed E-state index contributed by atoms with van der Waals surface area (Å²) in [6, 6.07) is 2.28. The molecule has 5 heteroatoms. The minimum Gasteiger partial charge on any atom is -0.166 e. The summed E-state index contributed by atoms with van der Waals surface area (Å²) in [5.74, 6) is 0. The van der Waals surface area contributed by atoms with Crippen LogP contribution in [-0.2, 0) is 6.18 Å². The summed E-state index contributed by atoms with van der Waals surface area (Å²) >= 11 is 9.36. The average Bonchev–Trinajstić information content (AvgIpc) is 1.94. The topological polar surface area (TPSA) is 0 Å². The van der Waals surface area contributed by atoms with Gasteiger partial charge < -0.3 is 0 Å². The van der Waals surface area contributed by atoms with Crippen LogP contribution in [-0.4, -0.2) is 0 Å². The Kier molecular flexibility index (Phi) is 2.82. The van der Waals surface area contributed by atoms with Gasteiger partial charge in [-0.2, -0.15) is 13.2 Å². The molecule has 0 atom stereocenters. The van der Waals surface area contributed by atoms with Crippen molar-refractivity contribution in [1.29, 1.82) is 0 Å². The molecule has 1 rings (SSSR count). The van der Waals surface area contributed by atoms with Gasteiger partial charge >= 0.3 is 6.18 Å². The Balaban J connectivity index is 3.37. The SMILES string of the molecule is Cc1c(S)cc(Cl)cc1C(F)(F)F. The quantitative estimate of drug-likeness (QED) is 0.636. The number of halogens is 4. The highest BCUT2D eigenvalue weighted by atomic mass is 35.5. The van der Waals surface area contributed by atoms with Crippen molar-refractivity contribution >= 4 is 24.2 Å². The Morgan fingerprint density at radius 2 is 1.85 bits per heavy atom. The lowest BCUT2D eigenvalue weighted by Crippen LogP contribution is -2.07. The van der Waals surface area contributed by atoms with Gasteiger partial charge in [0, 0.05) is 9.92 Å². The van der Waals surface area contributed by atoms with E-state index in [1.807, 2.05) is 0 Å². The monoisotopic (exact) mass is 226 g/mol. The van der Waals surface area contributed by atoms with Gasteiger partial charge in [-0.1, -0.05) is 11.6 Å². The van der Waals surface area contributed by atoms with Gasteiger partial charge in [0.2, 0.25) is 0 Å². The van der Waals surface area contributed by atoms with Gasteiger partial charge in [-0.15, -0.1) is 12.6 Å². The molecule has 0 unspecified atom stereocenters. The van der Waals surface area contributed by atoms with Crippen molar-refractivity contribution in [3.05, 3.63) is 28.3 Å². The Bertz CT molecular complexity index is 333. The van der Waals surface area contributed by atoms with E-state index in [2.05, 4.69) is 12.6 Å². The normalized spacial score (nSPS) is 11.8. The van der Waals surface area contributed by atoms with E-state index in [-0.39, 0.29) is 15.5 Å². The molecule has 0 aliphatic rings. The molecule has 0 saturated carbocycles. The first-order valence-electron chi connectivity index (χ1n) is 3.38. The van der Waals surface area contributed by atoms with Gasteiger partial charge in [-0.25, -0.2) is 0 Å². The number of thiol groups is 1. The standard InChI is InChI=1S/C8H6ClF3S/c1-4-6(8(10,11)12)2-5(9)3-7(4)13/h2-3,13H,1H3. The number of alkyl halides is 3. The molecular weight excluding hydrogens is 221 g/mol. The predicted molar refractivity (Wildman–Crippen MR) is 48.4 cm³/mol. The van der Waals surface area contributed by atoms with Crippen molar-refractivity contribution in [2.24, 2.45) is 0 Å². The predicted octanol–water partition coefficient (Wildman–Crippen LogP) is 3.96. The summed E-state index contributed by atoms with van der Waals surface area (Å²) in [6.45, 7) is 1.36. The highest BCUT2D eigenvalue weighted by molar-refractivity contribution is 7.80. The summed E-state index contributed by atoms with van der Waals surface area (Å²) in [5.41, 5.74) is -0.634. The van der Waals surface area contributed by atoms with Crippen LogP contribution in [0.15, 0.2) is 17.0 Å². The van der Waals surface area contributed by atoms with Crippen molar-refractivity contribution in [1.82, 2.24) is 0 Å². The Morgan fingerprint density at radius 1 is 1.31 bits per heavy atom. The minimum absolute atomic E-state index is 0.0444. The molecule has 72 valence electrons. The molecule has 0 radical (unpaired) electrons. The summed E-state index contributed by atoms with van der Waals surface area (Å²) in [5, 5.41) is 0.0444. The Morgan fingerprint density at radius 3 is 2.31 bits per heavy atom. The molecule has 0 N–H and O–H groups in total. The second-order valence-corrected chi connectivity index (χ2v) is 3.51. The number of hydrogen-bond donors (Lipinski definition) is 1. The van der Waals surface area contributed by atoms with Crippen LogP contribution < -0.4 is 0 Å². The molecular formula is C8H6ClF3S. The summed E-state index contributed by atoms with van der Waals surface area (Å²) < 4.78 is 36.9. The molecule has 0 aliphatic heterocycles. The van der Waals surface area contributed by atoms with Crippen molar-refractivity contribution in [3.63, 3.8) is 0 Å². The maximum atomic E-state index is 12.3. The third-order valence-electron chi connectivity index (χ3n) is 1.65. The fraction of sp³-hybridized carbons (Fsp3) is 0.250. The number of hydrogen-bond acceptors (Lipinski definition) is 1. The zero-order chi connectivity index (χ0) is 10.2. The molecule has 0 saturated heterocycles. The summed E-state index contributed by atoms with van der Waals surface area (Å²) in [4.78, 5) is 0.250. The molecule has 1 aromatic carbocycles. The summed E-state index contributed by atoms with van der Waals surface area (Å²) in [6.07, 6.45) is -4.37. The Hall–Kier alpha value is -0.350. The number of rotatable bonds is 0. The fourth-order valence-electron chi connectivity index (χ4n) is 0.959. The highest BCUT2D eigenvalue weighted by Crippen LogP contribution is 2.35. The molecule has 0 nitrogen and oxygen atoms in total. The lowest BCUT2D eigenvalue weighted by Gasteiger charge is -2.11. The van der Waals surface area contributed by atoms with Crippen molar-refractivity contribution in [2.75, 3.05) is 0 Å². The van der Waals surface area contributed by atoms with Gasteiger partial charge in [0.15, 0.2) is 0 Å². The Labute approximate surface area is 84.1 Å². The van der Waals surface area contributed by atoms with Gasteiger partial charge in [-0.3, -0.25) is 0 Å². The van der Waals surface area contributed by atoms with Crippen LogP contribution in [0.1, 0.15) is 11.1 Å². The van der Waals surface area contributed by atoms with Crippen LogP contribution >= 0.6 is 24.2 Å². The molecule has 0 aliphatic carbocycles. The van der Waals surface area contributed by atoms with E-state index in [9.17, 15) is 13.2 Å². The van der Waals surface area contributed by atoms with Gasteiger partial charge in [0.25, 0.3) is 0 Å². The first kappa shape index (κ1) is 10.7. The zero-order valence-corrected chi connectivity index (χ0v) is 8.26. The maximum absolute atomic E-state index is 12.3. The maximum Gasteiger partial charge on any atom is 0.416 e. The highest BCUT2D eigenvalue weighted by Gasteiger charge is 2.33. The lowest BCUT2D eigenvalue weighted by atomic mass is 10.1. The van der Waals surface area contributed by atoms with Crippen molar-refractivity contribution in [3.8, 4) is 0 Å². The molecule has 0 fully saturated rings. The smallest absolute Gasteiger partial charge is 0.166 e. The van der Waals surface area contributed by atoms with E-state index in [1.54, 1.807) is 0 Å². The van der Waals surface area contributed by atoms with Crippen LogP contribution in [0.4, 0.5) is 13.2 Å². The number of benzene rings is 1. The van der Waals surface area contributed by atoms with E-state index >= 15 is 0 Å². The van der Waals surface area contributed by atoms with Crippen LogP contribution in [0.5, 0.6) is 0 Å². The van der Waals surface area contributed by atoms with E-state index in [0.717, 1.165) is 6.07 Å². The van der Waals surface area contributed by atoms with E-state index in [0.29, 0.717) is 0 Å². The van der Waals surface area contributed by atoms with Gasteiger partial charge in [0.05, 0.1) is 5.56 Å². The van der Waals surface area contributed by atoms with Crippen LogP contribution in [0.3, 0.4) is 0 Å². The third kappa shape index (κ3) is 2.31. The van der Waals surface area contributed by atoms with E-state index < -0.39 is 11.7 Å². The summed E-state index contributed by atoms with van der Waals surface area (Å²) in [7, 11) is 0. The van der Waals surface area contributed by atoms with Crippen LogP contribution in [0, 0.1) is 6.92 Å². The largest absolute Gasteiger partial charge is 0.416 e. The molecule has 13 heavy (non-hydrogen) atoms. The van der Waals surface area contributed by atoms with E-state index in [1.165, 1.54) is 13.0 Å². The second-order valence-electron chi connectivity index (χ2n) is 2.60. The average molecular weight is 227 g/mol.